The van der Waals surface area contributed by atoms with Gasteiger partial charge in [0.05, 0.1) is 7.11 Å². The van der Waals surface area contributed by atoms with Gasteiger partial charge in [-0.1, -0.05) is 60.5 Å². The van der Waals surface area contributed by atoms with Gasteiger partial charge in [-0.3, -0.25) is 4.79 Å². The molecule has 0 saturated heterocycles. The fraction of sp³-hybridized carbons (Fsp3) is 0.333. The Morgan fingerprint density at radius 2 is 1.74 bits per heavy atom. The molecule has 2 aromatic rings. The summed E-state index contributed by atoms with van der Waals surface area (Å²) in [5.41, 5.74) is 1.90. The van der Waals surface area contributed by atoms with Crippen LogP contribution in [0.1, 0.15) is 36.3 Å². The lowest BCUT2D eigenvalue weighted by molar-refractivity contribution is -0.145. The number of hydrogen-bond acceptors (Lipinski definition) is 3. The molecule has 4 atom stereocenters. The number of rotatable bonds is 6. The van der Waals surface area contributed by atoms with Crippen LogP contribution in [0.5, 0.6) is 0 Å². The number of halogens is 2. The van der Waals surface area contributed by atoms with E-state index in [1.54, 1.807) is 6.07 Å². The summed E-state index contributed by atoms with van der Waals surface area (Å²) in [6.07, 6.45) is 0.704. The zero-order chi connectivity index (χ0) is 19.6. The lowest BCUT2D eigenvalue weighted by Gasteiger charge is -2.23. The molecule has 1 fully saturated rings. The average molecular weight is 406 g/mol. The standard InChI is InChI=1S/C21H21Cl2NO3/c1-12(13-6-4-3-5-7-13)19(21(26)27-2)24-20(25)18-11-17(18)14-8-15(22)10-16(23)9-14/h3-10,12,17-19H,11H2,1-2H3,(H,24,25)/t12-,17+,18-,19-/m1/s1. The van der Waals surface area contributed by atoms with Gasteiger partial charge in [0.1, 0.15) is 6.04 Å². The molecule has 1 N–H and O–H groups in total. The van der Waals surface area contributed by atoms with Crippen molar-refractivity contribution < 1.29 is 14.3 Å². The van der Waals surface area contributed by atoms with E-state index in [0.717, 1.165) is 11.1 Å². The summed E-state index contributed by atoms with van der Waals surface area (Å²) in [6, 6.07) is 14.2. The highest BCUT2D eigenvalue weighted by atomic mass is 35.5. The number of amides is 1. The fourth-order valence-electron chi connectivity index (χ4n) is 3.37. The molecule has 142 valence electrons. The van der Waals surface area contributed by atoms with Crippen molar-refractivity contribution in [1.82, 2.24) is 5.32 Å². The highest BCUT2D eigenvalue weighted by molar-refractivity contribution is 6.34. The predicted octanol–water partition coefficient (Wildman–Crippen LogP) is 4.56. The monoisotopic (exact) mass is 405 g/mol. The first kappa shape index (κ1) is 19.7. The molecule has 1 aliphatic rings. The summed E-state index contributed by atoms with van der Waals surface area (Å²) in [6.45, 7) is 1.90. The summed E-state index contributed by atoms with van der Waals surface area (Å²) in [7, 11) is 1.33. The van der Waals surface area contributed by atoms with Gasteiger partial charge in [-0.25, -0.2) is 4.79 Å². The van der Waals surface area contributed by atoms with Crippen molar-refractivity contribution in [2.75, 3.05) is 7.11 Å². The topological polar surface area (TPSA) is 55.4 Å². The highest BCUT2D eigenvalue weighted by Gasteiger charge is 2.45. The Morgan fingerprint density at radius 3 is 2.33 bits per heavy atom. The van der Waals surface area contributed by atoms with Crippen molar-refractivity contribution in [1.29, 1.82) is 0 Å². The first-order valence-corrected chi connectivity index (χ1v) is 9.55. The van der Waals surface area contributed by atoms with Gasteiger partial charge in [0.15, 0.2) is 0 Å². The van der Waals surface area contributed by atoms with Crippen LogP contribution in [0.15, 0.2) is 48.5 Å². The number of nitrogens with one attached hydrogen (secondary N) is 1. The Bertz CT molecular complexity index is 820. The number of ether oxygens (including phenoxy) is 1. The van der Waals surface area contributed by atoms with Crippen molar-refractivity contribution in [3.8, 4) is 0 Å². The summed E-state index contributed by atoms with van der Waals surface area (Å²) in [5, 5.41) is 3.98. The van der Waals surface area contributed by atoms with Crippen LogP contribution in [-0.4, -0.2) is 25.0 Å². The molecule has 4 nitrogen and oxygen atoms in total. The van der Waals surface area contributed by atoms with Gasteiger partial charge < -0.3 is 10.1 Å². The van der Waals surface area contributed by atoms with Gasteiger partial charge in [-0.05, 0) is 41.7 Å². The summed E-state index contributed by atoms with van der Waals surface area (Å²) >= 11 is 12.1. The van der Waals surface area contributed by atoms with Crippen molar-refractivity contribution in [2.24, 2.45) is 5.92 Å². The Balaban J connectivity index is 1.71. The predicted molar refractivity (Wildman–Crippen MR) is 106 cm³/mol. The molecule has 27 heavy (non-hydrogen) atoms. The Labute approximate surface area is 168 Å². The normalized spacial score (nSPS) is 20.4. The second-order valence-corrected chi connectivity index (χ2v) is 7.73. The first-order chi connectivity index (χ1) is 12.9. The largest absolute Gasteiger partial charge is 0.467 e. The Hall–Kier alpha value is -2.04. The molecule has 2 aromatic carbocycles. The average Bonchev–Trinajstić information content (AvgIpc) is 3.46. The second-order valence-electron chi connectivity index (χ2n) is 6.86. The number of benzene rings is 2. The fourth-order valence-corrected chi connectivity index (χ4v) is 3.91. The molecule has 1 aliphatic carbocycles. The molecule has 1 saturated carbocycles. The minimum absolute atomic E-state index is 0.0616. The van der Waals surface area contributed by atoms with Crippen LogP contribution in [0.4, 0.5) is 0 Å². The SMILES string of the molecule is COC(=O)[C@H](NC(=O)[C@@H]1C[C@H]1c1cc(Cl)cc(Cl)c1)[C@H](C)c1ccccc1. The minimum atomic E-state index is -0.742. The lowest BCUT2D eigenvalue weighted by Crippen LogP contribution is -2.45. The molecule has 1 amide bonds. The molecule has 3 rings (SSSR count). The molecule has 0 aromatic heterocycles. The van der Waals surface area contributed by atoms with Crippen molar-refractivity contribution in [3.05, 3.63) is 69.7 Å². The number of hydrogen-bond donors (Lipinski definition) is 1. The molecular weight excluding hydrogens is 385 g/mol. The summed E-state index contributed by atoms with van der Waals surface area (Å²) in [4.78, 5) is 25.0. The zero-order valence-corrected chi connectivity index (χ0v) is 16.6. The molecule has 0 radical (unpaired) electrons. The lowest BCUT2D eigenvalue weighted by atomic mass is 9.93. The maximum absolute atomic E-state index is 12.7. The van der Waals surface area contributed by atoms with Crippen LogP contribution >= 0.6 is 23.2 Å². The van der Waals surface area contributed by atoms with Gasteiger partial charge in [-0.15, -0.1) is 0 Å². The van der Waals surface area contributed by atoms with E-state index < -0.39 is 12.0 Å². The van der Waals surface area contributed by atoms with Crippen LogP contribution in [0.3, 0.4) is 0 Å². The number of carbonyl (C=O) groups is 2. The second kappa shape index (κ2) is 8.32. The molecule has 0 unspecified atom stereocenters. The van der Waals surface area contributed by atoms with Crippen molar-refractivity contribution >= 4 is 35.1 Å². The first-order valence-electron chi connectivity index (χ1n) is 8.80. The van der Waals surface area contributed by atoms with Crippen LogP contribution in [-0.2, 0) is 14.3 Å². The molecular formula is C21H21Cl2NO3. The van der Waals surface area contributed by atoms with E-state index in [-0.39, 0.29) is 23.7 Å². The highest BCUT2D eigenvalue weighted by Crippen LogP contribution is 2.48. The van der Waals surface area contributed by atoms with Gasteiger partial charge in [-0.2, -0.15) is 0 Å². The molecule has 0 bridgehead atoms. The van der Waals surface area contributed by atoms with Crippen LogP contribution < -0.4 is 5.32 Å². The van der Waals surface area contributed by atoms with E-state index in [1.807, 2.05) is 49.4 Å². The number of carbonyl (C=O) groups excluding carboxylic acids is 2. The maximum atomic E-state index is 12.7. The van der Waals surface area contributed by atoms with E-state index in [4.69, 9.17) is 27.9 Å². The maximum Gasteiger partial charge on any atom is 0.328 e. The van der Waals surface area contributed by atoms with Crippen molar-refractivity contribution in [2.45, 2.75) is 31.2 Å². The Morgan fingerprint density at radius 1 is 1.11 bits per heavy atom. The van der Waals surface area contributed by atoms with Gasteiger partial charge in [0.2, 0.25) is 5.91 Å². The van der Waals surface area contributed by atoms with Crippen LogP contribution in [0.2, 0.25) is 10.0 Å². The van der Waals surface area contributed by atoms with E-state index in [0.29, 0.717) is 16.5 Å². The minimum Gasteiger partial charge on any atom is -0.467 e. The van der Waals surface area contributed by atoms with E-state index >= 15 is 0 Å². The smallest absolute Gasteiger partial charge is 0.328 e. The van der Waals surface area contributed by atoms with Gasteiger partial charge in [0.25, 0.3) is 0 Å². The third kappa shape index (κ3) is 4.63. The third-order valence-electron chi connectivity index (χ3n) is 5.02. The summed E-state index contributed by atoms with van der Waals surface area (Å²) in [5.74, 6) is -0.960. The van der Waals surface area contributed by atoms with Crippen molar-refractivity contribution in [3.63, 3.8) is 0 Å². The van der Waals surface area contributed by atoms with E-state index in [1.165, 1.54) is 7.11 Å². The van der Waals surface area contributed by atoms with Crippen LogP contribution in [0.25, 0.3) is 0 Å². The van der Waals surface area contributed by atoms with E-state index in [9.17, 15) is 9.59 Å². The van der Waals surface area contributed by atoms with Gasteiger partial charge in [0, 0.05) is 21.9 Å². The molecule has 0 heterocycles. The number of methoxy groups -OCH3 is 1. The van der Waals surface area contributed by atoms with E-state index in [2.05, 4.69) is 5.32 Å². The third-order valence-corrected chi connectivity index (χ3v) is 5.45. The molecule has 6 heteroatoms. The van der Waals surface area contributed by atoms with Gasteiger partial charge >= 0.3 is 5.97 Å². The quantitative estimate of drug-likeness (QED) is 0.716. The zero-order valence-electron chi connectivity index (χ0n) is 15.1. The summed E-state index contributed by atoms with van der Waals surface area (Å²) < 4.78 is 4.91. The Kier molecular flexibility index (Phi) is 6.08. The molecule has 0 spiro atoms. The van der Waals surface area contributed by atoms with Crippen LogP contribution in [0, 0.1) is 5.92 Å². The number of esters is 1. The molecule has 0 aliphatic heterocycles.